The lowest BCUT2D eigenvalue weighted by atomic mass is 9.33. The first-order valence-electron chi connectivity index (χ1n) is 25.2. The van der Waals surface area contributed by atoms with Gasteiger partial charge in [0.05, 0.1) is 0 Å². The number of hydrogen-bond acceptors (Lipinski definition) is 2. The summed E-state index contributed by atoms with van der Waals surface area (Å²) in [6, 6.07) is 44.6. The maximum atomic E-state index is 2.79. The van der Waals surface area contributed by atoms with Crippen LogP contribution in [0.2, 0.25) is 0 Å². The van der Waals surface area contributed by atoms with E-state index in [9.17, 15) is 0 Å². The molecule has 0 radical (unpaired) electrons. The molecule has 2 nitrogen and oxygen atoms in total. The molecule has 9 aliphatic carbocycles. The monoisotopic (exact) mass is 799 g/mol. The van der Waals surface area contributed by atoms with Gasteiger partial charge in [-0.3, -0.25) is 0 Å². The zero-order chi connectivity index (χ0) is 39.9. The van der Waals surface area contributed by atoms with Gasteiger partial charge < -0.3 is 9.80 Å². The highest BCUT2D eigenvalue weighted by Gasteiger charge is 2.51. The fraction of sp³-hybridized carbons (Fsp3) is 0.483. The van der Waals surface area contributed by atoms with E-state index in [4.69, 9.17) is 0 Å². The van der Waals surface area contributed by atoms with E-state index in [1.165, 1.54) is 173 Å². The molecule has 0 amide bonds. The minimum atomic E-state index is 0.192. The molecule has 8 bridgehead atoms. The highest BCUT2D eigenvalue weighted by Crippen LogP contribution is 2.60. The van der Waals surface area contributed by atoms with Crippen molar-refractivity contribution in [2.75, 3.05) is 9.80 Å². The molecule has 308 valence electrons. The van der Waals surface area contributed by atoms with Crippen molar-refractivity contribution in [1.29, 1.82) is 0 Å². The molecular weight excluding hydrogens is 735 g/mol. The van der Waals surface area contributed by atoms with Crippen LogP contribution in [0.4, 0.5) is 34.1 Å². The lowest BCUT2D eigenvalue weighted by Gasteiger charge is -2.47. The van der Waals surface area contributed by atoms with Crippen molar-refractivity contribution in [2.24, 2.45) is 35.5 Å². The molecule has 2 aliphatic heterocycles. The van der Waals surface area contributed by atoms with E-state index in [0.717, 1.165) is 35.5 Å². The lowest BCUT2D eigenvalue weighted by molar-refractivity contribution is 0.113. The van der Waals surface area contributed by atoms with E-state index in [1.807, 2.05) is 0 Å². The molecule has 16 rings (SSSR count). The van der Waals surface area contributed by atoms with Crippen molar-refractivity contribution in [3.63, 3.8) is 0 Å². The van der Waals surface area contributed by atoms with E-state index in [0.29, 0.717) is 16.7 Å². The summed E-state index contributed by atoms with van der Waals surface area (Å²) in [5, 5.41) is 0. The van der Waals surface area contributed by atoms with E-state index >= 15 is 0 Å². The molecule has 0 saturated heterocycles. The molecule has 0 spiro atoms. The SMILES string of the molecule is c1ccc(N2c3ccccc3B3c4cc(C56CCC7CC(CC(C7)C5)C6)ccc4N(c4ccc(C56CCC7CC(CC(C7)C5)C6)cc4)c4cc(C5CCCCC5)cc2c43)cc1. The van der Waals surface area contributed by atoms with Crippen LogP contribution >= 0.6 is 0 Å². The van der Waals surface area contributed by atoms with Gasteiger partial charge in [-0.1, -0.05) is 79.9 Å². The van der Waals surface area contributed by atoms with E-state index < -0.39 is 0 Å². The van der Waals surface area contributed by atoms with Crippen molar-refractivity contribution in [3.05, 3.63) is 126 Å². The maximum Gasteiger partial charge on any atom is 0.252 e. The van der Waals surface area contributed by atoms with Gasteiger partial charge in [-0.2, -0.15) is 0 Å². The minimum absolute atomic E-state index is 0.192. The predicted octanol–water partition coefficient (Wildman–Crippen LogP) is 13.5. The summed E-state index contributed by atoms with van der Waals surface area (Å²) < 4.78 is 0. The highest BCUT2D eigenvalue weighted by atomic mass is 15.2. The van der Waals surface area contributed by atoms with Crippen LogP contribution in [0.5, 0.6) is 0 Å². The topological polar surface area (TPSA) is 6.48 Å². The summed E-state index contributed by atoms with van der Waals surface area (Å²) in [5.41, 5.74) is 18.2. The van der Waals surface area contributed by atoms with Crippen LogP contribution in [0.3, 0.4) is 0 Å². The van der Waals surface area contributed by atoms with Crippen LogP contribution < -0.4 is 26.2 Å². The summed E-state index contributed by atoms with van der Waals surface area (Å²) >= 11 is 0. The van der Waals surface area contributed by atoms with Crippen molar-refractivity contribution in [3.8, 4) is 0 Å². The molecule has 9 fully saturated rings. The van der Waals surface area contributed by atoms with Gasteiger partial charge in [0.15, 0.2) is 0 Å². The Hall–Kier alpha value is -4.24. The first-order chi connectivity index (χ1) is 30.1. The van der Waals surface area contributed by atoms with Gasteiger partial charge in [-0.15, -0.1) is 0 Å². The maximum absolute atomic E-state index is 2.79. The van der Waals surface area contributed by atoms with Crippen molar-refractivity contribution in [2.45, 2.75) is 139 Å². The molecule has 4 unspecified atom stereocenters. The Morgan fingerprint density at radius 3 is 1.59 bits per heavy atom. The number of fused-ring (bicyclic) bond motifs is 6. The standard InChI is InChI=1S/C58H63BN2/c1-3-9-44(10-4-1)45-31-54-56-55(32-45)61(49-18-15-46(16-19-49)57-23-21-38-25-40(34-57)29-41(26-38)35-57)53-20-17-47(58-24-22-39-27-42(36-58)30-43(28-39)37-58)33-51(53)59(56)50-13-7-8-14-52(50)60(54)48-11-5-2-6-12-48/h2,5-8,11-20,31-33,38-44H,1,3-4,9-10,21-30,34-37H2. The van der Waals surface area contributed by atoms with Crippen LogP contribution in [0.25, 0.3) is 0 Å². The Bertz CT molecular complexity index is 2490. The number of hydrogen-bond donors (Lipinski definition) is 0. The van der Waals surface area contributed by atoms with Gasteiger partial charge in [-0.25, -0.2) is 0 Å². The summed E-state index contributed by atoms with van der Waals surface area (Å²) in [6.45, 7) is 0.192. The number of nitrogens with zero attached hydrogens (tertiary/aromatic N) is 2. The van der Waals surface area contributed by atoms with Gasteiger partial charge >= 0.3 is 0 Å². The molecule has 61 heavy (non-hydrogen) atoms. The fourth-order valence-corrected chi connectivity index (χ4v) is 17.1. The number of benzene rings is 5. The average molecular weight is 799 g/mol. The fourth-order valence-electron chi connectivity index (χ4n) is 17.1. The molecule has 11 aliphatic rings. The first kappa shape index (κ1) is 36.3. The zero-order valence-corrected chi connectivity index (χ0v) is 36.3. The quantitative estimate of drug-likeness (QED) is 0.160. The third-order valence-corrected chi connectivity index (χ3v) is 19.2. The van der Waals surface area contributed by atoms with Crippen LogP contribution in [0.15, 0.2) is 109 Å². The third kappa shape index (κ3) is 5.59. The second-order valence-corrected chi connectivity index (χ2v) is 22.7. The van der Waals surface area contributed by atoms with E-state index in [2.05, 4.69) is 119 Å². The van der Waals surface area contributed by atoms with Crippen LogP contribution in [-0.4, -0.2) is 6.71 Å². The normalized spacial score (nSPS) is 33.0. The smallest absolute Gasteiger partial charge is 0.252 e. The Kier molecular flexibility index (Phi) is 8.11. The molecule has 0 aromatic heterocycles. The van der Waals surface area contributed by atoms with E-state index in [-0.39, 0.29) is 6.71 Å². The van der Waals surface area contributed by atoms with Crippen molar-refractivity contribution >= 4 is 57.2 Å². The second kappa shape index (κ2) is 13.6. The Morgan fingerprint density at radius 2 is 0.951 bits per heavy atom. The van der Waals surface area contributed by atoms with Crippen molar-refractivity contribution in [1.82, 2.24) is 0 Å². The minimum Gasteiger partial charge on any atom is -0.311 e. The van der Waals surface area contributed by atoms with Gasteiger partial charge in [0.2, 0.25) is 0 Å². The molecule has 9 saturated carbocycles. The van der Waals surface area contributed by atoms with Gasteiger partial charge in [-0.05, 0) is 237 Å². The van der Waals surface area contributed by atoms with Crippen LogP contribution in [-0.2, 0) is 10.8 Å². The Labute approximate surface area is 365 Å². The average Bonchev–Trinajstić information content (AvgIpc) is 3.64. The zero-order valence-electron chi connectivity index (χ0n) is 36.3. The number of anilines is 6. The molecule has 5 aromatic carbocycles. The van der Waals surface area contributed by atoms with Crippen LogP contribution in [0.1, 0.15) is 145 Å². The lowest BCUT2D eigenvalue weighted by Crippen LogP contribution is -2.61. The molecule has 4 atom stereocenters. The number of para-hydroxylation sites is 2. The summed E-state index contributed by atoms with van der Waals surface area (Å²) in [4.78, 5) is 5.41. The predicted molar refractivity (Wildman–Crippen MR) is 255 cm³/mol. The molecule has 3 heteroatoms. The largest absolute Gasteiger partial charge is 0.311 e. The third-order valence-electron chi connectivity index (χ3n) is 19.2. The van der Waals surface area contributed by atoms with Gasteiger partial charge in [0.1, 0.15) is 0 Å². The summed E-state index contributed by atoms with van der Waals surface area (Å²) in [6.07, 6.45) is 26.9. The molecule has 0 N–H and O–H groups in total. The Balaban J connectivity index is 0.987. The number of rotatable bonds is 5. The van der Waals surface area contributed by atoms with E-state index in [1.54, 1.807) is 16.7 Å². The molecule has 2 heterocycles. The van der Waals surface area contributed by atoms with Gasteiger partial charge in [0, 0.05) is 34.1 Å². The summed E-state index contributed by atoms with van der Waals surface area (Å²) in [7, 11) is 0. The highest BCUT2D eigenvalue weighted by molar-refractivity contribution is 7.00. The molecule has 5 aromatic rings. The van der Waals surface area contributed by atoms with Gasteiger partial charge in [0.25, 0.3) is 6.71 Å². The van der Waals surface area contributed by atoms with Crippen molar-refractivity contribution < 1.29 is 0 Å². The second-order valence-electron chi connectivity index (χ2n) is 22.7. The molecular formula is C58H63BN2. The Morgan fingerprint density at radius 1 is 0.426 bits per heavy atom. The summed E-state index contributed by atoms with van der Waals surface area (Å²) in [5.74, 6) is 6.30. The van der Waals surface area contributed by atoms with Crippen LogP contribution in [0, 0.1) is 35.5 Å². The first-order valence-corrected chi connectivity index (χ1v) is 25.2.